The van der Waals surface area contributed by atoms with E-state index in [1.54, 1.807) is 12.1 Å². The monoisotopic (exact) mass is 426 g/mol. The molecule has 0 radical (unpaired) electrons. The molecule has 0 saturated carbocycles. The molecular formula is C12H11Cl3N4Na2S2. The van der Waals surface area contributed by atoms with Crippen LogP contribution in [0.2, 0.25) is 15.6 Å². The number of rotatable bonds is 2. The Bertz CT molecular complexity index is 623. The molecule has 0 saturated heterocycles. The predicted molar refractivity (Wildman–Crippen MR) is 108 cm³/mol. The Kier molecular flexibility index (Phi) is 14.3. The van der Waals surface area contributed by atoms with E-state index in [0.29, 0.717) is 10.7 Å². The second-order valence-electron chi connectivity index (χ2n) is 3.55. The maximum atomic E-state index is 5.95. The van der Waals surface area contributed by atoms with Crippen molar-refractivity contribution in [2.45, 2.75) is 0 Å². The van der Waals surface area contributed by atoms with Gasteiger partial charge in [-0.1, -0.05) is 51.4 Å². The van der Waals surface area contributed by atoms with Gasteiger partial charge in [0, 0.05) is 5.75 Å². The Morgan fingerprint density at radius 2 is 1.61 bits per heavy atom. The van der Waals surface area contributed by atoms with Gasteiger partial charge in [0.15, 0.2) is 0 Å². The summed E-state index contributed by atoms with van der Waals surface area (Å²) in [6.07, 6.45) is 2.16. The molecule has 1 aliphatic rings. The average Bonchev–Trinajstić information content (AvgIpc) is 2.99. The molecule has 1 aromatic carbocycles. The molecule has 23 heavy (non-hydrogen) atoms. The van der Waals surface area contributed by atoms with Crippen LogP contribution in [-0.4, -0.2) is 79.8 Å². The van der Waals surface area contributed by atoms with Crippen molar-refractivity contribution < 1.29 is 0 Å². The summed E-state index contributed by atoms with van der Waals surface area (Å²) >= 11 is 17.2. The Balaban J connectivity index is 0.000000595. The number of halogens is 3. The Hall–Kier alpha value is 1.34. The second kappa shape index (κ2) is 13.5. The molecule has 0 bridgehead atoms. The van der Waals surface area contributed by atoms with Gasteiger partial charge >= 0.3 is 59.1 Å². The number of para-hydroxylation sites is 1. The summed E-state index contributed by atoms with van der Waals surface area (Å²) < 4.78 is 0. The third-order valence-corrected chi connectivity index (χ3v) is 4.67. The van der Waals surface area contributed by atoms with E-state index >= 15 is 0 Å². The van der Waals surface area contributed by atoms with Crippen LogP contribution in [-0.2, 0) is 0 Å². The van der Waals surface area contributed by atoms with Crippen LogP contribution in [0.4, 0.5) is 11.6 Å². The molecule has 1 N–H and O–H groups in total. The fraction of sp³-hybridized carbons (Fsp3) is 0.0833. The van der Waals surface area contributed by atoms with Gasteiger partial charge in [0.05, 0.1) is 10.7 Å². The number of nitrogens with zero attached hydrogens (tertiary/aromatic N) is 3. The first-order chi connectivity index (χ1) is 10.1. The zero-order valence-electron chi connectivity index (χ0n) is 10.5. The third kappa shape index (κ3) is 9.56. The van der Waals surface area contributed by atoms with Crippen molar-refractivity contribution in [3.63, 3.8) is 0 Å². The maximum absolute atomic E-state index is 5.95. The number of hydrogen-bond donors (Lipinski definition) is 1. The summed E-state index contributed by atoms with van der Waals surface area (Å²) in [6, 6.07) is 7.18. The number of hydrogen-bond acceptors (Lipinski definition) is 6. The standard InChI is InChI=1S/C9H5Cl3N4.C3H4S2.2Na.2H/c10-5-3-1-2-4-6(5)13-9-15-7(11)14-8(12)16-9;1-2-4-5-3-1;;;;/h1-4H,(H,13,14,15,16);1-2H,3H2;;;;. The number of benzene rings is 1. The molecule has 11 heteroatoms. The van der Waals surface area contributed by atoms with Crippen LogP contribution in [0.25, 0.3) is 0 Å². The van der Waals surface area contributed by atoms with Crippen molar-refractivity contribution in [1.29, 1.82) is 0 Å². The van der Waals surface area contributed by atoms with Crippen LogP contribution < -0.4 is 5.32 Å². The van der Waals surface area contributed by atoms with Crippen LogP contribution in [0.15, 0.2) is 35.7 Å². The van der Waals surface area contributed by atoms with Gasteiger partial charge in [-0.25, -0.2) is 0 Å². The van der Waals surface area contributed by atoms with Crippen molar-refractivity contribution in [2.75, 3.05) is 11.1 Å². The SMILES string of the molecule is C1=CSSC1.Clc1nc(Cl)nc(Nc2ccccc2Cl)n1.[NaH].[NaH]. The van der Waals surface area contributed by atoms with E-state index < -0.39 is 0 Å². The van der Waals surface area contributed by atoms with Gasteiger partial charge in [-0.15, -0.1) is 0 Å². The molecular weight excluding hydrogens is 417 g/mol. The van der Waals surface area contributed by atoms with Gasteiger partial charge in [-0.2, -0.15) is 15.0 Å². The van der Waals surface area contributed by atoms with Gasteiger partial charge in [0.25, 0.3) is 0 Å². The summed E-state index contributed by atoms with van der Waals surface area (Å²) in [7, 11) is 3.69. The van der Waals surface area contributed by atoms with Crippen LogP contribution >= 0.6 is 56.4 Å². The summed E-state index contributed by atoms with van der Waals surface area (Å²) in [4.78, 5) is 11.4. The van der Waals surface area contributed by atoms with Gasteiger partial charge in [-0.3, -0.25) is 0 Å². The first-order valence-corrected chi connectivity index (χ1v) is 9.18. The Labute approximate surface area is 201 Å². The molecule has 0 aliphatic carbocycles. The molecule has 114 valence electrons. The zero-order chi connectivity index (χ0) is 15.1. The van der Waals surface area contributed by atoms with Crippen LogP contribution in [0, 0.1) is 0 Å². The van der Waals surface area contributed by atoms with Crippen LogP contribution in [0.5, 0.6) is 0 Å². The minimum absolute atomic E-state index is 0. The molecule has 0 fully saturated rings. The summed E-state index contributed by atoms with van der Waals surface area (Å²) in [5, 5.41) is 5.60. The van der Waals surface area contributed by atoms with Crippen molar-refractivity contribution in [2.24, 2.45) is 0 Å². The molecule has 0 atom stereocenters. The molecule has 1 aliphatic heterocycles. The van der Waals surface area contributed by atoms with Crippen LogP contribution in [0.1, 0.15) is 0 Å². The summed E-state index contributed by atoms with van der Waals surface area (Å²) in [6.45, 7) is 0. The van der Waals surface area contributed by atoms with Crippen molar-refractivity contribution in [3.8, 4) is 0 Å². The fourth-order valence-corrected chi connectivity index (χ4v) is 3.38. The average molecular weight is 428 g/mol. The van der Waals surface area contributed by atoms with Gasteiger partial charge in [0.1, 0.15) is 0 Å². The predicted octanol–water partition coefficient (Wildman–Crippen LogP) is 4.17. The van der Waals surface area contributed by atoms with E-state index in [1.807, 2.05) is 33.7 Å². The van der Waals surface area contributed by atoms with Crippen molar-refractivity contribution in [1.82, 2.24) is 15.0 Å². The summed E-state index contributed by atoms with van der Waals surface area (Å²) in [5.41, 5.74) is 0.669. The second-order valence-corrected chi connectivity index (χ2v) is 6.96. The normalized spacial score (nSPS) is 11.6. The molecule has 4 nitrogen and oxygen atoms in total. The van der Waals surface area contributed by atoms with Crippen molar-refractivity contribution in [3.05, 3.63) is 51.3 Å². The quantitative estimate of drug-likeness (QED) is 0.573. The molecule has 2 heterocycles. The fourth-order valence-electron chi connectivity index (χ4n) is 1.26. The Morgan fingerprint density at radius 3 is 2.09 bits per heavy atom. The minimum atomic E-state index is 0. The van der Waals surface area contributed by atoms with Crippen LogP contribution in [0.3, 0.4) is 0 Å². The first kappa shape index (κ1) is 24.3. The third-order valence-electron chi connectivity index (χ3n) is 2.09. The van der Waals surface area contributed by atoms with E-state index in [-0.39, 0.29) is 75.6 Å². The van der Waals surface area contributed by atoms with E-state index in [2.05, 4.69) is 31.8 Å². The van der Waals surface area contributed by atoms with Gasteiger partial charge in [-0.05, 0) is 40.7 Å². The van der Waals surface area contributed by atoms with E-state index in [0.717, 1.165) is 0 Å². The van der Waals surface area contributed by atoms with Gasteiger partial charge in [0.2, 0.25) is 16.5 Å². The van der Waals surface area contributed by atoms with E-state index in [9.17, 15) is 0 Å². The summed E-state index contributed by atoms with van der Waals surface area (Å²) in [5.74, 6) is 1.45. The molecule has 0 spiro atoms. The van der Waals surface area contributed by atoms with Crippen molar-refractivity contribution >= 4 is 127 Å². The number of aromatic nitrogens is 3. The number of nitrogens with one attached hydrogen (secondary N) is 1. The van der Waals surface area contributed by atoms with E-state index in [1.165, 1.54) is 5.75 Å². The molecule has 3 rings (SSSR count). The molecule has 0 unspecified atom stereocenters. The topological polar surface area (TPSA) is 50.7 Å². The number of anilines is 2. The zero-order valence-corrected chi connectivity index (χ0v) is 14.4. The van der Waals surface area contributed by atoms with Gasteiger partial charge < -0.3 is 5.32 Å². The first-order valence-electron chi connectivity index (χ1n) is 5.67. The molecule has 0 amide bonds. The molecule has 1 aromatic heterocycles. The van der Waals surface area contributed by atoms with E-state index in [4.69, 9.17) is 34.8 Å². The Morgan fingerprint density at radius 1 is 0.957 bits per heavy atom. The molecule has 2 aromatic rings.